The Labute approximate surface area is 287 Å². The molecule has 12 rings (SSSR count). The van der Waals surface area contributed by atoms with E-state index in [1.807, 2.05) is 0 Å². The van der Waals surface area contributed by atoms with Gasteiger partial charge >= 0.3 is 0 Å². The predicted molar refractivity (Wildman–Crippen MR) is 202 cm³/mol. The summed E-state index contributed by atoms with van der Waals surface area (Å²) in [5, 5.41) is 0. The summed E-state index contributed by atoms with van der Waals surface area (Å²) in [6.07, 6.45) is 14.9. The van der Waals surface area contributed by atoms with Gasteiger partial charge in [0.1, 0.15) is 0 Å². The van der Waals surface area contributed by atoms with Crippen LogP contribution in [-0.4, -0.2) is 13.4 Å². The normalized spacial score (nSPS) is 52.6. The summed E-state index contributed by atoms with van der Waals surface area (Å²) in [6, 6.07) is 0. The van der Waals surface area contributed by atoms with E-state index in [1.165, 1.54) is 64.0 Å². The molecule has 0 unspecified atom stereocenters. The Kier molecular flexibility index (Phi) is 7.51. The summed E-state index contributed by atoms with van der Waals surface area (Å²) in [5.41, 5.74) is 4.04. The zero-order valence-corrected chi connectivity index (χ0v) is 32.7. The quantitative estimate of drug-likeness (QED) is 0.186. The Morgan fingerprint density at radius 1 is 0.435 bits per heavy atom. The average Bonchev–Trinajstić information content (AvgIpc) is 2.98. The molecule has 2 heteroatoms. The SMILES string of the molecule is C=C(CB([C@@H]1C[C@@H]2C[C@H]([C@H]1C)C2(C)C)[C@@H]1C[C@@H]2C[C@H]([C@H]1C)C2(C)C)CB([C@@H]1C[C@@H]2C[C@H]([C@H]1C)C2(C)C)[C@@H]1C[C@@H]2C[C@H]([C@H]1C)C2(C)C. The first-order valence-electron chi connectivity index (χ1n) is 21.0. The third-order valence-electron chi connectivity index (χ3n) is 20.9. The molecule has 0 amide bonds. The number of allylic oxidation sites excluding steroid dienone is 1. The van der Waals surface area contributed by atoms with Crippen molar-refractivity contribution in [1.29, 1.82) is 0 Å². The molecule has 0 heterocycles. The number of hydrogen-bond acceptors (Lipinski definition) is 0. The van der Waals surface area contributed by atoms with Crippen molar-refractivity contribution in [3.8, 4) is 0 Å². The highest BCUT2D eigenvalue weighted by Crippen LogP contribution is 2.72. The molecule has 0 aliphatic heterocycles. The summed E-state index contributed by atoms with van der Waals surface area (Å²) >= 11 is 0. The average molecular weight is 625 g/mol. The fraction of sp³-hybridized carbons (Fsp3) is 0.955. The number of rotatable bonds is 8. The van der Waals surface area contributed by atoms with Gasteiger partial charge in [-0.15, -0.1) is 6.58 Å². The summed E-state index contributed by atoms with van der Waals surface area (Å²) in [6.45, 7) is 38.7. The molecular formula is C44H74B2. The van der Waals surface area contributed by atoms with Crippen LogP contribution in [0.3, 0.4) is 0 Å². The van der Waals surface area contributed by atoms with Crippen molar-refractivity contribution in [3.63, 3.8) is 0 Å². The highest BCUT2D eigenvalue weighted by Gasteiger charge is 2.64. The molecule has 0 nitrogen and oxygen atoms in total. The van der Waals surface area contributed by atoms with Gasteiger partial charge in [0.25, 0.3) is 0 Å². The zero-order chi connectivity index (χ0) is 33.0. The van der Waals surface area contributed by atoms with Crippen molar-refractivity contribution in [2.75, 3.05) is 0 Å². The number of hydrogen-bond donors (Lipinski definition) is 0. The van der Waals surface area contributed by atoms with E-state index < -0.39 is 0 Å². The standard InChI is InChI=1S/C44H74B2/c1-24(22-45(37-18-29-14-33(25(37)2)41(29,6)7)38-19-30-15-34(26(38)3)42(30,8)9)23-46(39-20-31-16-35(27(39)4)43(31,10)11)40-21-32-17-36(28(40)5)44(32,12)13/h25-40H,1,14-23H2,2-13H3/t25-,26-,27-,28-,29+,30+,31+,32+,33-,34-,35-,36-,37-,38-,39-,40-/m1/s1. The van der Waals surface area contributed by atoms with Gasteiger partial charge in [0, 0.05) is 0 Å². The fourth-order valence-electron chi connectivity index (χ4n) is 17.0. The zero-order valence-electron chi connectivity index (χ0n) is 32.7. The first kappa shape index (κ1) is 33.0. The Bertz CT molecular complexity index is 1050. The minimum absolute atomic E-state index is 0.586. The second-order valence-corrected chi connectivity index (χ2v) is 23.0. The van der Waals surface area contributed by atoms with Crippen molar-refractivity contribution in [3.05, 3.63) is 12.2 Å². The van der Waals surface area contributed by atoms with Gasteiger partial charge in [-0.1, -0.05) is 150 Å². The lowest BCUT2D eigenvalue weighted by atomic mass is 9.18. The summed E-state index contributed by atoms with van der Waals surface area (Å²) in [5.74, 6) is 15.1. The van der Waals surface area contributed by atoms with E-state index >= 15 is 0 Å². The van der Waals surface area contributed by atoms with Crippen LogP contribution in [-0.2, 0) is 0 Å². The van der Waals surface area contributed by atoms with E-state index in [2.05, 4.69) is 83.1 Å². The topological polar surface area (TPSA) is 0 Å². The maximum atomic E-state index is 5.15. The van der Waals surface area contributed by atoms with E-state index in [-0.39, 0.29) is 0 Å². The van der Waals surface area contributed by atoms with Crippen LogP contribution in [0.1, 0.15) is 134 Å². The number of fused-ring (bicyclic) bond motifs is 8. The van der Waals surface area contributed by atoms with Crippen LogP contribution in [0.15, 0.2) is 12.2 Å². The maximum absolute atomic E-state index is 5.15. The molecule has 0 aromatic rings. The third kappa shape index (κ3) is 4.37. The van der Waals surface area contributed by atoms with Crippen LogP contribution in [0.2, 0.25) is 35.9 Å². The predicted octanol–water partition coefficient (Wildman–Crippen LogP) is 12.8. The molecular weight excluding hydrogens is 550 g/mol. The van der Waals surface area contributed by atoms with Gasteiger partial charge in [-0.2, -0.15) is 0 Å². The van der Waals surface area contributed by atoms with E-state index in [4.69, 9.17) is 6.58 Å². The Balaban J connectivity index is 1.06. The third-order valence-corrected chi connectivity index (χ3v) is 20.9. The van der Waals surface area contributed by atoms with E-state index in [0.717, 1.165) is 108 Å². The van der Waals surface area contributed by atoms with Crippen molar-refractivity contribution in [1.82, 2.24) is 0 Å². The lowest BCUT2D eigenvalue weighted by Gasteiger charge is -2.67. The van der Waals surface area contributed by atoms with Gasteiger partial charge in [0.05, 0.1) is 0 Å². The van der Waals surface area contributed by atoms with Gasteiger partial charge in [0.2, 0.25) is 0 Å². The smallest absolute Gasteiger partial charge is 0.101 e. The molecule has 46 heavy (non-hydrogen) atoms. The van der Waals surface area contributed by atoms with Crippen LogP contribution in [0.5, 0.6) is 0 Å². The second kappa shape index (κ2) is 10.5. The van der Waals surface area contributed by atoms with Gasteiger partial charge in [-0.05, 0) is 118 Å². The highest BCUT2D eigenvalue weighted by atomic mass is 14.6. The summed E-state index contributed by atoms with van der Waals surface area (Å²) in [4.78, 5) is 0. The maximum Gasteiger partial charge on any atom is 0.151 e. The lowest BCUT2D eigenvalue weighted by Crippen LogP contribution is -2.60. The van der Waals surface area contributed by atoms with E-state index in [0.29, 0.717) is 21.7 Å². The minimum atomic E-state index is 0.586. The van der Waals surface area contributed by atoms with Crippen molar-refractivity contribution in [2.24, 2.45) is 92.7 Å². The van der Waals surface area contributed by atoms with Crippen LogP contribution < -0.4 is 0 Å². The molecule has 0 aromatic heterocycles. The van der Waals surface area contributed by atoms with Crippen LogP contribution in [0.4, 0.5) is 0 Å². The Morgan fingerprint density at radius 3 is 0.826 bits per heavy atom. The monoisotopic (exact) mass is 625 g/mol. The highest BCUT2D eigenvalue weighted by molar-refractivity contribution is 6.65. The molecule has 12 aliphatic carbocycles. The molecule has 12 fully saturated rings. The van der Waals surface area contributed by atoms with Gasteiger partial charge < -0.3 is 0 Å². The van der Waals surface area contributed by atoms with E-state index in [9.17, 15) is 0 Å². The second-order valence-electron chi connectivity index (χ2n) is 23.0. The molecule has 12 saturated carbocycles. The molecule has 0 radical (unpaired) electrons. The van der Waals surface area contributed by atoms with Gasteiger partial charge in [-0.25, -0.2) is 0 Å². The Morgan fingerprint density at radius 2 is 0.652 bits per heavy atom. The first-order chi connectivity index (χ1) is 21.4. The fourth-order valence-corrected chi connectivity index (χ4v) is 17.0. The van der Waals surface area contributed by atoms with Crippen molar-refractivity contribution >= 4 is 13.4 Å². The molecule has 8 bridgehead atoms. The van der Waals surface area contributed by atoms with E-state index in [1.54, 1.807) is 5.57 Å². The van der Waals surface area contributed by atoms with Gasteiger partial charge in [-0.3, -0.25) is 0 Å². The largest absolute Gasteiger partial charge is 0.151 e. The van der Waals surface area contributed by atoms with Crippen LogP contribution in [0, 0.1) is 92.7 Å². The Hall–Kier alpha value is -0.130. The van der Waals surface area contributed by atoms with Crippen LogP contribution >= 0.6 is 0 Å². The molecule has 16 atom stereocenters. The summed E-state index contributed by atoms with van der Waals surface area (Å²) in [7, 11) is 0. The molecule has 12 aliphatic rings. The summed E-state index contributed by atoms with van der Waals surface area (Å²) < 4.78 is 0. The first-order valence-corrected chi connectivity index (χ1v) is 21.0. The lowest BCUT2D eigenvalue weighted by molar-refractivity contribution is -0.107. The van der Waals surface area contributed by atoms with Crippen molar-refractivity contribution in [2.45, 2.75) is 170 Å². The van der Waals surface area contributed by atoms with Crippen LogP contribution in [0.25, 0.3) is 0 Å². The molecule has 0 aromatic carbocycles. The van der Waals surface area contributed by atoms with Gasteiger partial charge in [0.15, 0.2) is 13.4 Å². The molecule has 0 N–H and O–H groups in total. The molecule has 0 saturated heterocycles. The molecule has 256 valence electrons. The molecule has 0 spiro atoms. The van der Waals surface area contributed by atoms with Crippen molar-refractivity contribution < 1.29 is 0 Å². The minimum Gasteiger partial charge on any atom is -0.101 e.